The standard InChI is InChI=1S/C15H17N3O3S/c19-13(11-5-2-1-3-6-11)10-22-15-17-16-14(20)18(15)9-12-7-4-8-21-12/h1-3,5-6,12H,4,7-10H2,(H,16,20). The van der Waals surface area contributed by atoms with Gasteiger partial charge >= 0.3 is 5.69 Å². The molecule has 22 heavy (non-hydrogen) atoms. The average Bonchev–Trinajstić information content (AvgIpc) is 3.18. The second kappa shape index (κ2) is 6.93. The summed E-state index contributed by atoms with van der Waals surface area (Å²) in [4.78, 5) is 23.9. The van der Waals surface area contributed by atoms with Gasteiger partial charge in [-0.2, -0.15) is 0 Å². The molecule has 3 rings (SSSR count). The molecule has 1 unspecified atom stereocenters. The molecule has 6 nitrogen and oxygen atoms in total. The summed E-state index contributed by atoms with van der Waals surface area (Å²) < 4.78 is 7.11. The van der Waals surface area contributed by atoms with Crippen molar-refractivity contribution in [1.82, 2.24) is 14.8 Å². The van der Waals surface area contributed by atoms with E-state index in [0.29, 0.717) is 17.3 Å². The molecule has 0 amide bonds. The zero-order chi connectivity index (χ0) is 15.4. The van der Waals surface area contributed by atoms with Crippen LogP contribution in [0, 0.1) is 0 Å². The average molecular weight is 319 g/mol. The molecule has 0 saturated carbocycles. The van der Waals surface area contributed by atoms with Crippen molar-refractivity contribution in [2.24, 2.45) is 0 Å². The molecule has 1 fully saturated rings. The summed E-state index contributed by atoms with van der Waals surface area (Å²) in [5.74, 6) is 0.268. The fourth-order valence-electron chi connectivity index (χ4n) is 2.40. The number of thioether (sulfide) groups is 1. The number of aromatic amines is 1. The maximum absolute atomic E-state index is 12.1. The van der Waals surface area contributed by atoms with Crippen LogP contribution in [0.25, 0.3) is 0 Å². The molecule has 1 aliphatic rings. The Labute approximate surface area is 131 Å². The molecular formula is C15H17N3O3S. The molecule has 1 aromatic heterocycles. The maximum atomic E-state index is 12.1. The Balaban J connectivity index is 1.65. The molecule has 0 radical (unpaired) electrons. The normalized spacial score (nSPS) is 17.7. The first-order chi connectivity index (χ1) is 10.7. The van der Waals surface area contributed by atoms with E-state index in [9.17, 15) is 9.59 Å². The second-order valence-corrected chi connectivity index (χ2v) is 6.08. The van der Waals surface area contributed by atoms with Crippen LogP contribution in [0.4, 0.5) is 0 Å². The summed E-state index contributed by atoms with van der Waals surface area (Å²) in [5.41, 5.74) is 0.406. The van der Waals surface area contributed by atoms with E-state index in [-0.39, 0.29) is 23.3 Å². The fraction of sp³-hybridized carbons (Fsp3) is 0.400. The van der Waals surface area contributed by atoms with Crippen LogP contribution in [-0.4, -0.2) is 39.0 Å². The Morgan fingerprint density at radius 2 is 2.23 bits per heavy atom. The number of hydrogen-bond acceptors (Lipinski definition) is 5. The highest BCUT2D eigenvalue weighted by Gasteiger charge is 2.20. The number of rotatable bonds is 6. The number of Topliss-reactive ketones (excluding diaryl/α,β-unsaturated/α-hetero) is 1. The third-order valence-electron chi connectivity index (χ3n) is 3.56. The van der Waals surface area contributed by atoms with E-state index in [0.717, 1.165) is 19.4 Å². The molecule has 1 N–H and O–H groups in total. The Morgan fingerprint density at radius 1 is 1.41 bits per heavy atom. The molecule has 116 valence electrons. The van der Waals surface area contributed by atoms with Crippen molar-refractivity contribution in [2.45, 2.75) is 30.6 Å². The number of hydrogen-bond donors (Lipinski definition) is 1. The minimum atomic E-state index is -0.259. The van der Waals surface area contributed by atoms with E-state index in [1.54, 1.807) is 16.7 Å². The van der Waals surface area contributed by atoms with Crippen molar-refractivity contribution in [1.29, 1.82) is 0 Å². The van der Waals surface area contributed by atoms with Crippen LogP contribution >= 0.6 is 11.8 Å². The predicted octanol–water partition coefficient (Wildman–Crippen LogP) is 1.73. The summed E-state index contributed by atoms with van der Waals surface area (Å²) in [6.07, 6.45) is 2.02. The Bertz CT molecular complexity index is 690. The van der Waals surface area contributed by atoms with Crippen molar-refractivity contribution in [3.63, 3.8) is 0 Å². The van der Waals surface area contributed by atoms with Gasteiger partial charge in [-0.25, -0.2) is 9.89 Å². The number of ether oxygens (including phenoxy) is 1. The third kappa shape index (κ3) is 3.48. The van der Waals surface area contributed by atoms with Gasteiger partial charge in [-0.1, -0.05) is 42.1 Å². The summed E-state index contributed by atoms with van der Waals surface area (Å²) in [6, 6.07) is 9.11. The van der Waals surface area contributed by atoms with Gasteiger partial charge in [0, 0.05) is 12.2 Å². The van der Waals surface area contributed by atoms with Gasteiger partial charge in [-0.05, 0) is 12.8 Å². The first-order valence-electron chi connectivity index (χ1n) is 7.22. The highest BCUT2D eigenvalue weighted by atomic mass is 32.2. The van der Waals surface area contributed by atoms with Crippen LogP contribution in [0.15, 0.2) is 40.3 Å². The maximum Gasteiger partial charge on any atom is 0.344 e. The van der Waals surface area contributed by atoms with Crippen LogP contribution in [0.5, 0.6) is 0 Å². The van der Waals surface area contributed by atoms with Crippen LogP contribution in [0.1, 0.15) is 23.2 Å². The van der Waals surface area contributed by atoms with E-state index < -0.39 is 0 Å². The van der Waals surface area contributed by atoms with E-state index in [2.05, 4.69) is 10.2 Å². The van der Waals surface area contributed by atoms with Crippen LogP contribution < -0.4 is 5.69 Å². The number of nitrogens with zero attached hydrogens (tertiary/aromatic N) is 2. The second-order valence-electron chi connectivity index (χ2n) is 5.13. The summed E-state index contributed by atoms with van der Waals surface area (Å²) in [7, 11) is 0. The number of aromatic nitrogens is 3. The van der Waals surface area contributed by atoms with E-state index in [1.807, 2.05) is 18.2 Å². The van der Waals surface area contributed by atoms with Crippen molar-refractivity contribution >= 4 is 17.5 Å². The number of ketones is 1. The number of carbonyl (C=O) groups is 1. The lowest BCUT2D eigenvalue weighted by Gasteiger charge is -2.10. The highest BCUT2D eigenvalue weighted by molar-refractivity contribution is 7.99. The number of nitrogens with one attached hydrogen (secondary N) is 1. The molecule has 2 aromatic rings. The molecule has 1 saturated heterocycles. The van der Waals surface area contributed by atoms with Gasteiger partial charge in [0.25, 0.3) is 0 Å². The minimum absolute atomic E-state index is 0.0183. The molecule has 0 aliphatic carbocycles. The van der Waals surface area contributed by atoms with Gasteiger partial charge in [0.05, 0.1) is 18.4 Å². The smallest absolute Gasteiger partial charge is 0.344 e. The van der Waals surface area contributed by atoms with Gasteiger partial charge in [0.15, 0.2) is 10.9 Å². The van der Waals surface area contributed by atoms with E-state index >= 15 is 0 Å². The van der Waals surface area contributed by atoms with Gasteiger partial charge in [0.1, 0.15) is 0 Å². The quantitative estimate of drug-likeness (QED) is 0.648. The zero-order valence-corrected chi connectivity index (χ0v) is 12.8. The van der Waals surface area contributed by atoms with Crippen molar-refractivity contribution in [3.05, 3.63) is 46.4 Å². The highest BCUT2D eigenvalue weighted by Crippen LogP contribution is 2.19. The van der Waals surface area contributed by atoms with Gasteiger partial charge in [-0.3, -0.25) is 9.36 Å². The monoisotopic (exact) mass is 319 g/mol. The van der Waals surface area contributed by atoms with Gasteiger partial charge in [-0.15, -0.1) is 5.10 Å². The van der Waals surface area contributed by atoms with Crippen LogP contribution in [0.2, 0.25) is 0 Å². The number of benzene rings is 1. The summed E-state index contributed by atoms with van der Waals surface area (Å²) >= 11 is 1.27. The van der Waals surface area contributed by atoms with Crippen molar-refractivity contribution < 1.29 is 9.53 Å². The lowest BCUT2D eigenvalue weighted by atomic mass is 10.2. The third-order valence-corrected chi connectivity index (χ3v) is 4.54. The Morgan fingerprint density at radius 3 is 2.95 bits per heavy atom. The SMILES string of the molecule is O=C(CSc1n[nH]c(=O)n1CC1CCCO1)c1ccccc1. The van der Waals surface area contributed by atoms with Crippen LogP contribution in [0.3, 0.4) is 0 Å². The van der Waals surface area contributed by atoms with E-state index in [4.69, 9.17) is 4.74 Å². The summed E-state index contributed by atoms with van der Waals surface area (Å²) in [6.45, 7) is 1.23. The summed E-state index contributed by atoms with van der Waals surface area (Å²) in [5, 5.41) is 6.98. The molecule has 0 spiro atoms. The van der Waals surface area contributed by atoms with Gasteiger partial charge < -0.3 is 4.74 Å². The predicted molar refractivity (Wildman–Crippen MR) is 83.3 cm³/mol. The lowest BCUT2D eigenvalue weighted by molar-refractivity contribution is 0.0941. The first-order valence-corrected chi connectivity index (χ1v) is 8.20. The van der Waals surface area contributed by atoms with Crippen LogP contribution in [-0.2, 0) is 11.3 Å². The number of H-pyrrole nitrogens is 1. The topological polar surface area (TPSA) is 77.0 Å². The zero-order valence-electron chi connectivity index (χ0n) is 12.0. The molecule has 7 heteroatoms. The molecular weight excluding hydrogens is 302 g/mol. The lowest BCUT2D eigenvalue weighted by Crippen LogP contribution is -2.25. The van der Waals surface area contributed by atoms with E-state index in [1.165, 1.54) is 11.8 Å². The molecule has 1 aromatic carbocycles. The fourth-order valence-corrected chi connectivity index (χ4v) is 3.25. The number of carbonyl (C=O) groups excluding carboxylic acids is 1. The Hall–Kier alpha value is -1.86. The molecule has 0 bridgehead atoms. The molecule has 1 aliphatic heterocycles. The minimum Gasteiger partial charge on any atom is -0.376 e. The molecule has 1 atom stereocenters. The Kier molecular flexibility index (Phi) is 4.74. The first kappa shape index (κ1) is 15.1. The molecule has 2 heterocycles. The van der Waals surface area contributed by atoms with Crippen molar-refractivity contribution in [2.75, 3.05) is 12.4 Å². The van der Waals surface area contributed by atoms with Gasteiger partial charge in [0.2, 0.25) is 0 Å². The largest absolute Gasteiger partial charge is 0.376 e. The van der Waals surface area contributed by atoms with Crippen molar-refractivity contribution in [3.8, 4) is 0 Å².